The van der Waals surface area contributed by atoms with E-state index in [-0.39, 0.29) is 76.0 Å². The highest BCUT2D eigenvalue weighted by Crippen LogP contribution is 2.25. The predicted molar refractivity (Wildman–Crippen MR) is 429 cm³/mol. The number of aromatic nitrogens is 1. The molecule has 1 aromatic heterocycles. The van der Waals surface area contributed by atoms with Crippen molar-refractivity contribution in [3.05, 3.63) is 95.7 Å². The summed E-state index contributed by atoms with van der Waals surface area (Å²) in [6.07, 6.45) is -0.593. The van der Waals surface area contributed by atoms with Gasteiger partial charge in [0, 0.05) is 60.8 Å². The maximum Gasteiger partial charge on any atom is 0.245 e. The van der Waals surface area contributed by atoms with Gasteiger partial charge in [0.15, 0.2) is 5.96 Å². The molecule has 2 saturated heterocycles. The molecule has 3 aromatic carbocycles. The van der Waals surface area contributed by atoms with Crippen LogP contribution in [0.25, 0.3) is 10.9 Å². The molecule has 3 heterocycles. The molecule has 15 amide bonds. The average Bonchev–Trinajstić information content (AvgIpc) is 1.73. The monoisotopic (exact) mass is 1670 g/mol. The fourth-order valence-corrected chi connectivity index (χ4v) is 14.7. The van der Waals surface area contributed by atoms with Gasteiger partial charge in [-0.1, -0.05) is 98.2 Å². The highest BCUT2D eigenvalue weighted by molar-refractivity contribution is 8.76. The first-order valence-electron chi connectivity index (χ1n) is 38.2. The van der Waals surface area contributed by atoms with Gasteiger partial charge in [0.2, 0.25) is 88.6 Å². The van der Waals surface area contributed by atoms with E-state index >= 15 is 14.4 Å². The number of para-hydroxylation sites is 1. The minimum absolute atomic E-state index is 0.0152. The maximum absolute atomic E-state index is 15.2. The third kappa shape index (κ3) is 30.7. The Morgan fingerprint density at radius 2 is 0.897 bits per heavy atom. The van der Waals surface area contributed by atoms with E-state index in [0.29, 0.717) is 34.0 Å². The fourth-order valence-electron chi connectivity index (χ4n) is 12.4. The Morgan fingerprint density at radius 3 is 1.38 bits per heavy atom. The average molecular weight is 1670 g/mol. The lowest BCUT2D eigenvalue weighted by atomic mass is 9.97. The van der Waals surface area contributed by atoms with Crippen LogP contribution in [0.2, 0.25) is 0 Å². The Morgan fingerprint density at radius 1 is 0.487 bits per heavy atom. The summed E-state index contributed by atoms with van der Waals surface area (Å²) in [6, 6.07) is -4.76. The molecule has 2 aliphatic heterocycles. The number of rotatable bonds is 24. The zero-order valence-corrected chi connectivity index (χ0v) is 66.8. The Kier molecular flexibility index (Phi) is 38.5. The number of aliphatic hydroxyl groups is 3. The van der Waals surface area contributed by atoms with Gasteiger partial charge in [0.05, 0.1) is 26.4 Å². The maximum atomic E-state index is 15.2. The molecular formula is C75H108N20O20S2. The molecule has 4 aromatic rings. The molecule has 2 aliphatic rings. The molecule has 42 heteroatoms. The summed E-state index contributed by atoms with van der Waals surface area (Å²) in [7, 11) is 1.57. The number of H-pyrrole nitrogens is 1. The second-order valence-electron chi connectivity index (χ2n) is 28.7. The lowest BCUT2D eigenvalue weighted by Gasteiger charge is -2.29. The quantitative estimate of drug-likeness (QED) is 0.0134. The summed E-state index contributed by atoms with van der Waals surface area (Å²) >= 11 is 0. The number of nitrogens with one attached hydrogen (secondary N) is 17. The number of aromatic amines is 1. The number of phenols is 2. The van der Waals surface area contributed by atoms with Gasteiger partial charge in [-0.05, 0) is 110 Å². The van der Waals surface area contributed by atoms with Crippen LogP contribution >= 0.6 is 21.6 Å². The largest absolute Gasteiger partial charge is 0.508 e. The molecule has 1 unspecified atom stereocenters. The van der Waals surface area contributed by atoms with Crippen molar-refractivity contribution in [3.8, 4) is 11.5 Å². The molecule has 2 fully saturated rings. The van der Waals surface area contributed by atoms with Gasteiger partial charge in [0.25, 0.3) is 0 Å². The fraction of sp³-hybridized carbons (Fsp3) is 0.520. The summed E-state index contributed by atoms with van der Waals surface area (Å²) < 4.78 is 0. The third-order valence-electron chi connectivity index (χ3n) is 19.1. The lowest BCUT2D eigenvalue weighted by molar-refractivity contribution is -0.137. The zero-order valence-electron chi connectivity index (χ0n) is 65.2. The van der Waals surface area contributed by atoms with Gasteiger partial charge in [0.1, 0.15) is 90.0 Å². The minimum Gasteiger partial charge on any atom is -0.508 e. The molecule has 2 bridgehead atoms. The highest BCUT2D eigenvalue weighted by Gasteiger charge is 2.40. The number of benzene rings is 3. The van der Waals surface area contributed by atoms with Gasteiger partial charge in [-0.25, -0.2) is 0 Å². The van der Waals surface area contributed by atoms with Gasteiger partial charge >= 0.3 is 0 Å². The first-order valence-corrected chi connectivity index (χ1v) is 40.7. The molecule has 640 valence electrons. The van der Waals surface area contributed by atoms with E-state index in [9.17, 15) is 83.1 Å². The highest BCUT2D eigenvalue weighted by atomic mass is 33.1. The standard InChI is InChI=1S/C75H108N20O20S2/c1-5-39(4)61-74(115)89-53(30-42-31-81-46-12-7-6-11-45(42)46)68(109)91-54(33-96)69(110)85-49(23-24-59(77)101)64(105)88-51(28-40-15-19-43(99)20-16-40)66(107)86-50(27-38(2)3)65(106)93-57-36-116-117-37-58(72(113)83-47(14-10-26-80-75(78)79)62(103)82-32-60(102)95-61)94-71(112)56(35-98)92-70(111)55(34-97)90-67(108)52(29-41-17-21-44(100)22-18-41)87-63(104)48(84-73(57)114)13-8-9-25-76/h6-7,11-12,15-22,31,38-39,47-58,61,81,96-100H,5,8-10,13-14,23-30,32-37,76H2,1-4H3,(H2,77,101)(H,82,103)(H,83,113)(H,84,114)(H,85,110)(H,86,107)(H,87,104)(H,88,105)(H,89,115)(H,90,108)(H,91,109)(H,92,111)(H,93,106)(H,94,112)(H,95,102)(H4,78,79,80)/t39-,47-,48-,49-,50-,51-,52?,53-,54-,55-,56-,57-,58-,61-/m0/s1. The molecule has 14 atom stereocenters. The summed E-state index contributed by atoms with van der Waals surface area (Å²) in [5, 5.41) is 98.7. The number of amides is 15. The van der Waals surface area contributed by atoms with Crippen LogP contribution in [0.15, 0.2) is 79.0 Å². The summed E-state index contributed by atoms with van der Waals surface area (Å²) in [5.41, 5.74) is 18.7. The zero-order chi connectivity index (χ0) is 86.0. The van der Waals surface area contributed by atoms with Crippen LogP contribution in [0.1, 0.15) is 102 Å². The number of fused-ring (bicyclic) bond motifs is 6. The SMILES string of the molecule is CC[C@H](C)[C@@H]1NC(=O)CNC(=O)[C@H](CCCNC(=N)N)NC(=O)[C@@H]2CSSC[C@H](NC(=O)[C@H](CC(C)C)NC(=O)[C@H](Cc3ccc(O)cc3)NC(=O)[C@H](CCC(N)=O)NC(=O)[C@H](CO)NC(=O)[C@H](Cc3c[nH]c4ccccc34)NC1=O)C(=O)N[C@@H](CCCCN)C(=O)NC(Cc1ccc(O)cc1)C(=O)N[C@@H](CO)C(=O)N[C@@H](CO)C(=O)N2. The van der Waals surface area contributed by atoms with E-state index < -0.39 is 242 Å². The molecule has 28 N–H and O–H groups in total. The summed E-state index contributed by atoms with van der Waals surface area (Å²) in [6.45, 7) is 2.34. The number of aromatic hydroxyl groups is 2. The smallest absolute Gasteiger partial charge is 0.245 e. The van der Waals surface area contributed by atoms with Crippen LogP contribution in [0.3, 0.4) is 0 Å². The first kappa shape index (κ1) is 94.5. The van der Waals surface area contributed by atoms with E-state index in [0.717, 1.165) is 21.6 Å². The normalized spacial score (nSPS) is 24.6. The Bertz CT molecular complexity index is 4120. The lowest BCUT2D eigenvalue weighted by Crippen LogP contribution is -2.62. The third-order valence-corrected chi connectivity index (χ3v) is 21.5. The van der Waals surface area contributed by atoms with Crippen LogP contribution in [0.4, 0.5) is 0 Å². The van der Waals surface area contributed by atoms with Gasteiger partial charge in [-0.15, -0.1) is 0 Å². The topological polar surface area (TPSA) is 655 Å². The molecule has 6 rings (SSSR count). The van der Waals surface area contributed by atoms with E-state index in [2.05, 4.69) is 84.7 Å². The Hall–Kier alpha value is -11.3. The molecule has 0 radical (unpaired) electrons. The van der Waals surface area contributed by atoms with E-state index in [4.69, 9.17) is 22.6 Å². The summed E-state index contributed by atoms with van der Waals surface area (Å²) in [4.78, 5) is 221. The van der Waals surface area contributed by atoms with E-state index in [1.807, 2.05) is 0 Å². The van der Waals surface area contributed by atoms with Gasteiger partial charge < -0.3 is 127 Å². The number of phenolic OH excluding ortho intramolecular Hbond substituents is 2. The van der Waals surface area contributed by atoms with Crippen molar-refractivity contribution >= 4 is 127 Å². The van der Waals surface area contributed by atoms with Crippen LogP contribution in [-0.4, -0.2) is 255 Å². The van der Waals surface area contributed by atoms with Gasteiger partial charge in [-0.3, -0.25) is 77.3 Å². The number of carbonyl (C=O) groups is 15. The van der Waals surface area contributed by atoms with Crippen molar-refractivity contribution in [3.63, 3.8) is 0 Å². The van der Waals surface area contributed by atoms with Crippen LogP contribution in [0.5, 0.6) is 11.5 Å². The number of hydrogen-bond donors (Lipinski definition) is 25. The van der Waals surface area contributed by atoms with Crippen molar-refractivity contribution in [2.45, 2.75) is 183 Å². The van der Waals surface area contributed by atoms with Crippen molar-refractivity contribution in [2.75, 3.05) is 51.0 Å². The molecular weight excluding hydrogens is 1570 g/mol. The number of aliphatic hydroxyl groups excluding tert-OH is 3. The predicted octanol–water partition coefficient (Wildman–Crippen LogP) is -5.84. The minimum atomic E-state index is -1.97. The molecule has 40 nitrogen and oxygen atoms in total. The second-order valence-corrected chi connectivity index (χ2v) is 31.3. The Balaban J connectivity index is 1.52. The second kappa shape index (κ2) is 47.6. The number of guanidine groups is 1. The number of hydrogen-bond acceptors (Lipinski definition) is 24. The summed E-state index contributed by atoms with van der Waals surface area (Å²) in [5.74, 6) is -19.3. The van der Waals surface area contributed by atoms with Crippen LogP contribution in [0, 0.1) is 17.2 Å². The van der Waals surface area contributed by atoms with Crippen LogP contribution in [-0.2, 0) is 91.2 Å². The van der Waals surface area contributed by atoms with E-state index in [1.165, 1.54) is 48.5 Å². The number of unbranched alkanes of at least 4 members (excludes halogenated alkanes) is 1. The van der Waals surface area contributed by atoms with Gasteiger partial charge in [-0.2, -0.15) is 0 Å². The molecule has 117 heavy (non-hydrogen) atoms. The number of nitrogens with two attached hydrogens (primary N) is 3. The van der Waals surface area contributed by atoms with E-state index in [1.54, 1.807) is 58.2 Å². The van der Waals surface area contributed by atoms with Crippen molar-refractivity contribution in [2.24, 2.45) is 29.0 Å². The molecule has 0 aliphatic carbocycles. The molecule has 0 spiro atoms. The van der Waals surface area contributed by atoms with Crippen molar-refractivity contribution < 1.29 is 97.5 Å². The van der Waals surface area contributed by atoms with Crippen LogP contribution < -0.4 is 97.0 Å². The number of primary amides is 1. The first-order chi connectivity index (χ1) is 55.7. The molecule has 0 saturated carbocycles. The number of carbonyl (C=O) groups excluding carboxylic acids is 15. The van der Waals surface area contributed by atoms with Crippen molar-refractivity contribution in [1.29, 1.82) is 5.41 Å². The Labute approximate surface area is 681 Å². The van der Waals surface area contributed by atoms with Crippen molar-refractivity contribution in [1.82, 2.24) is 84.7 Å².